The third kappa shape index (κ3) is 2.08. The van der Waals surface area contributed by atoms with Crippen molar-refractivity contribution in [2.24, 2.45) is 0 Å². The van der Waals surface area contributed by atoms with Crippen LogP contribution in [0, 0.1) is 0 Å². The summed E-state index contributed by atoms with van der Waals surface area (Å²) >= 11 is 1.70. The van der Waals surface area contributed by atoms with Gasteiger partial charge in [0.1, 0.15) is 5.82 Å². The molecule has 0 bridgehead atoms. The van der Waals surface area contributed by atoms with Crippen LogP contribution in [0.5, 0.6) is 0 Å². The first kappa shape index (κ1) is 12.4. The van der Waals surface area contributed by atoms with Crippen LogP contribution >= 0.6 is 11.3 Å². The molecule has 3 aromatic heterocycles. The number of hydrogen-bond acceptors (Lipinski definition) is 4. The molecule has 0 atom stereocenters. The molecule has 0 saturated heterocycles. The summed E-state index contributed by atoms with van der Waals surface area (Å²) < 4.78 is 7.38. The Morgan fingerprint density at radius 2 is 2.24 bits per heavy atom. The zero-order valence-corrected chi connectivity index (χ0v) is 12.0. The van der Waals surface area contributed by atoms with Crippen molar-refractivity contribution in [2.75, 3.05) is 6.54 Å². The second-order valence-electron chi connectivity index (χ2n) is 4.89. The smallest absolute Gasteiger partial charge is 0.290 e. The average molecular weight is 299 g/mol. The number of carbonyl (C=O) groups is 1. The quantitative estimate of drug-likeness (QED) is 0.731. The average Bonchev–Trinajstić information content (AvgIpc) is 3.24. The van der Waals surface area contributed by atoms with E-state index < -0.39 is 0 Å². The van der Waals surface area contributed by atoms with Gasteiger partial charge in [-0.2, -0.15) is 0 Å². The van der Waals surface area contributed by atoms with Crippen LogP contribution in [-0.2, 0) is 13.1 Å². The minimum absolute atomic E-state index is 0.0769. The third-order valence-electron chi connectivity index (χ3n) is 3.66. The topological polar surface area (TPSA) is 51.3 Å². The molecule has 0 saturated carbocycles. The fourth-order valence-corrected chi connectivity index (χ4v) is 3.36. The van der Waals surface area contributed by atoms with E-state index in [1.165, 1.54) is 11.1 Å². The van der Waals surface area contributed by atoms with Gasteiger partial charge in [-0.05, 0) is 23.6 Å². The van der Waals surface area contributed by atoms with Gasteiger partial charge in [0.25, 0.3) is 5.91 Å². The van der Waals surface area contributed by atoms with Gasteiger partial charge in [0.05, 0.1) is 29.6 Å². The predicted octanol–water partition coefficient (Wildman–Crippen LogP) is 2.86. The van der Waals surface area contributed by atoms with Crippen LogP contribution in [-0.4, -0.2) is 26.9 Å². The van der Waals surface area contributed by atoms with E-state index in [9.17, 15) is 4.79 Å². The lowest BCUT2D eigenvalue weighted by molar-refractivity contribution is 0.0675. The van der Waals surface area contributed by atoms with Gasteiger partial charge in [-0.1, -0.05) is 6.07 Å². The van der Waals surface area contributed by atoms with Crippen molar-refractivity contribution in [2.45, 2.75) is 13.1 Å². The largest absolute Gasteiger partial charge is 0.459 e. The minimum atomic E-state index is -0.0769. The molecule has 4 rings (SSSR count). The summed E-state index contributed by atoms with van der Waals surface area (Å²) in [5.41, 5.74) is 1.13. The molecule has 1 amide bonds. The lowest BCUT2D eigenvalue weighted by Crippen LogP contribution is -2.38. The summed E-state index contributed by atoms with van der Waals surface area (Å²) in [4.78, 5) is 19.8. The molecule has 0 N–H and O–H groups in total. The molecule has 0 radical (unpaired) electrons. The summed E-state index contributed by atoms with van der Waals surface area (Å²) in [6.45, 7) is 1.95. The number of rotatable bonds is 2. The maximum Gasteiger partial charge on any atom is 0.290 e. The van der Waals surface area contributed by atoms with E-state index in [0.29, 0.717) is 18.8 Å². The van der Waals surface area contributed by atoms with Crippen molar-refractivity contribution in [3.05, 3.63) is 53.7 Å². The maximum absolute atomic E-state index is 12.3. The number of fused-ring (bicyclic) bond motifs is 1. The van der Waals surface area contributed by atoms with Gasteiger partial charge < -0.3 is 13.9 Å². The summed E-state index contributed by atoms with van der Waals surface area (Å²) in [5.74, 6) is 1.23. The lowest BCUT2D eigenvalue weighted by atomic mass is 10.3. The van der Waals surface area contributed by atoms with E-state index in [4.69, 9.17) is 4.42 Å². The molecule has 6 heteroatoms. The summed E-state index contributed by atoms with van der Waals surface area (Å²) in [5, 5.41) is 2.06. The first-order chi connectivity index (χ1) is 10.3. The first-order valence-corrected chi connectivity index (χ1v) is 7.62. The molecule has 0 spiro atoms. The molecule has 5 nitrogen and oxygen atoms in total. The Hall–Kier alpha value is -2.34. The Morgan fingerprint density at radius 1 is 1.29 bits per heavy atom. The maximum atomic E-state index is 12.3. The van der Waals surface area contributed by atoms with Gasteiger partial charge in [0, 0.05) is 13.1 Å². The number of amides is 1. The van der Waals surface area contributed by atoms with Gasteiger partial charge in [0.2, 0.25) is 0 Å². The monoisotopic (exact) mass is 299 g/mol. The zero-order chi connectivity index (χ0) is 14.2. The number of nitrogens with zero attached hydrogens (tertiary/aromatic N) is 3. The Labute approximate surface area is 125 Å². The number of furan rings is 1. The van der Waals surface area contributed by atoms with Crippen molar-refractivity contribution in [3.63, 3.8) is 0 Å². The van der Waals surface area contributed by atoms with E-state index >= 15 is 0 Å². The number of carbonyl (C=O) groups excluding carboxylic acids is 1. The van der Waals surface area contributed by atoms with E-state index in [0.717, 1.165) is 18.1 Å². The Morgan fingerprint density at radius 3 is 3.00 bits per heavy atom. The fourth-order valence-electron chi connectivity index (χ4n) is 2.61. The number of hydrogen-bond donors (Lipinski definition) is 0. The molecule has 0 aromatic carbocycles. The predicted molar refractivity (Wildman–Crippen MR) is 79.0 cm³/mol. The Bertz CT molecular complexity index is 759. The number of aromatic nitrogens is 2. The van der Waals surface area contributed by atoms with Gasteiger partial charge >= 0.3 is 0 Å². The lowest BCUT2D eigenvalue weighted by Gasteiger charge is -2.27. The van der Waals surface area contributed by atoms with Gasteiger partial charge in [-0.25, -0.2) is 4.98 Å². The molecule has 3 aromatic rings. The van der Waals surface area contributed by atoms with Gasteiger partial charge in [-0.3, -0.25) is 4.79 Å². The molecule has 0 unspecified atom stereocenters. The standard InChI is InChI=1S/C15H13N3O2S/c19-15(12-3-1-7-20-12)17-5-6-18-11(9-16-14(18)10-17)13-4-2-8-21-13/h1-4,7-9H,5-6,10H2. The van der Waals surface area contributed by atoms with Crippen LogP contribution in [0.2, 0.25) is 0 Å². The molecule has 21 heavy (non-hydrogen) atoms. The molecule has 1 aliphatic heterocycles. The molecular formula is C15H13N3O2S. The molecule has 106 valence electrons. The van der Waals surface area contributed by atoms with E-state index in [1.807, 2.05) is 12.3 Å². The van der Waals surface area contributed by atoms with E-state index in [2.05, 4.69) is 21.0 Å². The van der Waals surface area contributed by atoms with Crippen LogP contribution in [0.1, 0.15) is 16.4 Å². The van der Waals surface area contributed by atoms with Crippen LogP contribution in [0.4, 0.5) is 0 Å². The second kappa shape index (κ2) is 4.89. The van der Waals surface area contributed by atoms with Gasteiger partial charge in [-0.15, -0.1) is 11.3 Å². The van der Waals surface area contributed by atoms with Crippen LogP contribution in [0.3, 0.4) is 0 Å². The normalized spacial score (nSPS) is 14.2. The minimum Gasteiger partial charge on any atom is -0.459 e. The second-order valence-corrected chi connectivity index (χ2v) is 5.84. The molecular weight excluding hydrogens is 286 g/mol. The highest BCUT2D eigenvalue weighted by Crippen LogP contribution is 2.28. The van der Waals surface area contributed by atoms with Crippen LogP contribution in [0.15, 0.2) is 46.5 Å². The Balaban J connectivity index is 1.61. The highest BCUT2D eigenvalue weighted by molar-refractivity contribution is 7.13. The summed E-state index contributed by atoms with van der Waals surface area (Å²) in [6, 6.07) is 7.55. The highest BCUT2D eigenvalue weighted by atomic mass is 32.1. The summed E-state index contributed by atoms with van der Waals surface area (Å²) in [6.07, 6.45) is 3.41. The van der Waals surface area contributed by atoms with Crippen molar-refractivity contribution in [3.8, 4) is 10.6 Å². The third-order valence-corrected chi connectivity index (χ3v) is 4.55. The Kier molecular flexibility index (Phi) is 2.89. The molecule has 0 aliphatic carbocycles. The summed E-state index contributed by atoms with van der Waals surface area (Å²) in [7, 11) is 0. The van der Waals surface area contributed by atoms with Gasteiger partial charge in [0.15, 0.2) is 5.76 Å². The number of imidazole rings is 1. The fraction of sp³-hybridized carbons (Fsp3) is 0.200. The molecule has 1 aliphatic rings. The number of thiophene rings is 1. The molecule has 4 heterocycles. The highest BCUT2D eigenvalue weighted by Gasteiger charge is 2.25. The van der Waals surface area contributed by atoms with Crippen molar-refractivity contribution >= 4 is 17.2 Å². The van der Waals surface area contributed by atoms with E-state index in [-0.39, 0.29) is 5.91 Å². The first-order valence-electron chi connectivity index (χ1n) is 6.74. The van der Waals surface area contributed by atoms with E-state index in [1.54, 1.807) is 28.4 Å². The SMILES string of the molecule is O=C(c1ccco1)N1CCn2c(-c3cccs3)cnc2C1. The van der Waals surface area contributed by atoms with Crippen molar-refractivity contribution in [1.82, 2.24) is 14.5 Å². The zero-order valence-electron chi connectivity index (χ0n) is 11.2. The van der Waals surface area contributed by atoms with Crippen molar-refractivity contribution < 1.29 is 9.21 Å². The van der Waals surface area contributed by atoms with Crippen LogP contribution in [0.25, 0.3) is 10.6 Å². The molecule has 0 fully saturated rings. The van der Waals surface area contributed by atoms with Crippen molar-refractivity contribution in [1.29, 1.82) is 0 Å². The van der Waals surface area contributed by atoms with Crippen LogP contribution < -0.4 is 0 Å².